The first-order chi connectivity index (χ1) is 11.6. The van der Waals surface area contributed by atoms with Crippen molar-refractivity contribution in [3.05, 3.63) is 58.9 Å². The number of aliphatic hydroxyl groups is 2. The monoisotopic (exact) mass is 326 g/mol. The van der Waals surface area contributed by atoms with Gasteiger partial charge in [-0.1, -0.05) is 6.07 Å². The van der Waals surface area contributed by atoms with Crippen LogP contribution in [0.1, 0.15) is 35.3 Å². The molecule has 2 atom stereocenters. The Morgan fingerprint density at radius 3 is 2.88 bits per heavy atom. The van der Waals surface area contributed by atoms with Gasteiger partial charge in [0.1, 0.15) is 11.9 Å². The Morgan fingerprint density at radius 1 is 1.25 bits per heavy atom. The summed E-state index contributed by atoms with van der Waals surface area (Å²) in [4.78, 5) is 3.32. The normalized spacial score (nSPS) is 18.1. The fourth-order valence-corrected chi connectivity index (χ4v) is 3.58. The molecule has 5 heteroatoms. The summed E-state index contributed by atoms with van der Waals surface area (Å²) in [6.07, 6.45) is 0.802. The lowest BCUT2D eigenvalue weighted by Crippen LogP contribution is -2.04. The number of benzene rings is 2. The molecule has 1 aliphatic rings. The Labute approximate surface area is 138 Å². The number of aryl methyl sites for hydroxylation is 1. The number of aromatic nitrogens is 1. The molecule has 1 aromatic heterocycles. The molecule has 0 aliphatic heterocycles. The first-order valence-electron chi connectivity index (χ1n) is 8.06. The van der Waals surface area contributed by atoms with Gasteiger partial charge in [0.2, 0.25) is 0 Å². The lowest BCUT2D eigenvalue weighted by Gasteiger charge is -2.09. The molecule has 0 saturated carbocycles. The minimum atomic E-state index is -1.09. The van der Waals surface area contributed by atoms with Crippen molar-refractivity contribution in [3.63, 3.8) is 0 Å². The fourth-order valence-electron chi connectivity index (χ4n) is 3.58. The molecule has 4 rings (SSSR count). The van der Waals surface area contributed by atoms with Crippen molar-refractivity contribution in [1.29, 1.82) is 0 Å². The lowest BCUT2D eigenvalue weighted by molar-refractivity contribution is 0.0954. The molecule has 0 saturated heterocycles. The van der Waals surface area contributed by atoms with Gasteiger partial charge in [-0.05, 0) is 59.9 Å². The van der Waals surface area contributed by atoms with E-state index in [0.29, 0.717) is 11.1 Å². The summed E-state index contributed by atoms with van der Waals surface area (Å²) in [5.41, 5.74) is 11.4. The molecular formula is C19H19FN2O2. The van der Waals surface area contributed by atoms with Gasteiger partial charge < -0.3 is 20.9 Å². The van der Waals surface area contributed by atoms with E-state index < -0.39 is 18.5 Å². The highest BCUT2D eigenvalue weighted by Crippen LogP contribution is 2.37. The number of fused-ring (bicyclic) bond motifs is 3. The third-order valence-electron chi connectivity index (χ3n) is 4.84. The van der Waals surface area contributed by atoms with Gasteiger partial charge in [-0.25, -0.2) is 4.39 Å². The lowest BCUT2D eigenvalue weighted by atomic mass is 10.0. The number of nitrogens with two attached hydrogens (primary N) is 1. The van der Waals surface area contributed by atoms with Crippen LogP contribution in [-0.2, 0) is 6.42 Å². The molecule has 0 radical (unpaired) electrons. The maximum absolute atomic E-state index is 13.9. The molecule has 0 amide bonds. The summed E-state index contributed by atoms with van der Waals surface area (Å²) < 4.78 is 13.9. The molecule has 1 aliphatic carbocycles. The van der Waals surface area contributed by atoms with Crippen LogP contribution in [0.25, 0.3) is 22.2 Å². The van der Waals surface area contributed by atoms with Gasteiger partial charge in [0.25, 0.3) is 0 Å². The summed E-state index contributed by atoms with van der Waals surface area (Å²) in [5, 5.41) is 20.0. The average molecular weight is 326 g/mol. The van der Waals surface area contributed by atoms with Gasteiger partial charge in [0.15, 0.2) is 0 Å². The van der Waals surface area contributed by atoms with E-state index in [1.54, 1.807) is 6.07 Å². The molecule has 1 heterocycles. The second-order valence-electron chi connectivity index (χ2n) is 6.39. The zero-order valence-electron chi connectivity index (χ0n) is 13.1. The number of nitrogens with one attached hydrogen (secondary N) is 1. The molecule has 1 unspecified atom stereocenters. The minimum absolute atomic E-state index is 0.0863. The van der Waals surface area contributed by atoms with Crippen molar-refractivity contribution in [2.45, 2.75) is 25.0 Å². The predicted octanol–water partition coefficient (Wildman–Crippen LogP) is 2.95. The number of hydrogen-bond acceptors (Lipinski definition) is 3. The van der Waals surface area contributed by atoms with E-state index >= 15 is 0 Å². The second-order valence-corrected chi connectivity index (χ2v) is 6.39. The van der Waals surface area contributed by atoms with Crippen LogP contribution in [0.15, 0.2) is 36.4 Å². The Balaban J connectivity index is 1.84. The van der Waals surface area contributed by atoms with E-state index in [-0.39, 0.29) is 6.04 Å². The highest BCUT2D eigenvalue weighted by Gasteiger charge is 2.22. The van der Waals surface area contributed by atoms with E-state index in [4.69, 9.17) is 10.8 Å². The summed E-state index contributed by atoms with van der Waals surface area (Å²) in [6.45, 7) is -0.443. The van der Waals surface area contributed by atoms with E-state index in [1.807, 2.05) is 12.1 Å². The van der Waals surface area contributed by atoms with Gasteiger partial charge >= 0.3 is 0 Å². The third-order valence-corrected chi connectivity index (χ3v) is 4.84. The average Bonchev–Trinajstić information content (AvgIpc) is 3.17. The van der Waals surface area contributed by atoms with Crippen LogP contribution in [0.5, 0.6) is 0 Å². The zero-order valence-corrected chi connectivity index (χ0v) is 13.1. The van der Waals surface area contributed by atoms with Gasteiger partial charge in [-0.3, -0.25) is 0 Å². The Hall–Kier alpha value is -2.21. The second kappa shape index (κ2) is 5.70. The number of halogens is 1. The maximum atomic E-state index is 13.9. The van der Waals surface area contributed by atoms with Crippen molar-refractivity contribution in [3.8, 4) is 11.3 Å². The number of aromatic amines is 1. The molecule has 0 fully saturated rings. The molecular weight excluding hydrogens is 307 g/mol. The first kappa shape index (κ1) is 15.3. The van der Waals surface area contributed by atoms with Crippen LogP contribution in [0.2, 0.25) is 0 Å². The van der Waals surface area contributed by atoms with Crippen LogP contribution in [0.3, 0.4) is 0 Å². The molecule has 5 N–H and O–H groups in total. The Morgan fingerprint density at radius 2 is 2.08 bits per heavy atom. The zero-order chi connectivity index (χ0) is 16.8. The van der Waals surface area contributed by atoms with Crippen molar-refractivity contribution in [2.75, 3.05) is 6.61 Å². The number of rotatable bonds is 3. The maximum Gasteiger partial charge on any atom is 0.124 e. The molecule has 24 heavy (non-hydrogen) atoms. The Kier molecular flexibility index (Phi) is 3.64. The number of hydrogen-bond donors (Lipinski definition) is 4. The standard InChI is InChI=1S/C19H19FN2O2/c20-12-6-10(5-11(7-12)19(24)9-23)18-8-15-13-1-3-16(21)14(13)2-4-17(15)22-18/h2,4-8,16,19,22-24H,1,3,9,21H2/t16-,19?/m1/s1. The smallest absolute Gasteiger partial charge is 0.124 e. The molecule has 124 valence electrons. The van der Waals surface area contributed by atoms with Crippen LogP contribution in [0.4, 0.5) is 4.39 Å². The molecule has 3 aromatic rings. The number of H-pyrrole nitrogens is 1. The van der Waals surface area contributed by atoms with Gasteiger partial charge in [-0.2, -0.15) is 0 Å². The van der Waals surface area contributed by atoms with Gasteiger partial charge in [0.05, 0.1) is 6.61 Å². The highest BCUT2D eigenvalue weighted by molar-refractivity contribution is 5.90. The third kappa shape index (κ3) is 2.41. The quantitative estimate of drug-likeness (QED) is 0.597. The predicted molar refractivity (Wildman–Crippen MR) is 91.0 cm³/mol. The largest absolute Gasteiger partial charge is 0.393 e. The topological polar surface area (TPSA) is 82.3 Å². The SMILES string of the molecule is N[C@@H]1CCc2c1ccc1[nH]c(-c3cc(F)cc(C(O)CO)c3)cc21. The van der Waals surface area contributed by atoms with Crippen molar-refractivity contribution >= 4 is 10.9 Å². The fraction of sp³-hybridized carbons (Fsp3) is 0.263. The van der Waals surface area contributed by atoms with Crippen molar-refractivity contribution < 1.29 is 14.6 Å². The highest BCUT2D eigenvalue weighted by atomic mass is 19.1. The van der Waals surface area contributed by atoms with Crippen LogP contribution < -0.4 is 5.73 Å². The summed E-state index contributed by atoms with van der Waals surface area (Å²) in [6, 6.07) is 10.5. The van der Waals surface area contributed by atoms with Crippen LogP contribution >= 0.6 is 0 Å². The van der Waals surface area contributed by atoms with E-state index in [1.165, 1.54) is 23.3 Å². The van der Waals surface area contributed by atoms with Gasteiger partial charge in [0, 0.05) is 28.2 Å². The van der Waals surface area contributed by atoms with E-state index in [0.717, 1.165) is 29.4 Å². The minimum Gasteiger partial charge on any atom is -0.393 e. The molecule has 0 bridgehead atoms. The van der Waals surface area contributed by atoms with Crippen LogP contribution in [-0.4, -0.2) is 21.8 Å². The van der Waals surface area contributed by atoms with Gasteiger partial charge in [-0.15, -0.1) is 0 Å². The van der Waals surface area contributed by atoms with E-state index in [2.05, 4.69) is 11.1 Å². The first-order valence-corrected chi connectivity index (χ1v) is 8.06. The van der Waals surface area contributed by atoms with Crippen molar-refractivity contribution in [2.24, 2.45) is 5.73 Å². The van der Waals surface area contributed by atoms with Crippen molar-refractivity contribution in [1.82, 2.24) is 4.98 Å². The number of aliphatic hydroxyl groups excluding tert-OH is 2. The summed E-state index contributed by atoms with van der Waals surface area (Å²) in [5.74, 6) is -0.444. The molecule has 4 nitrogen and oxygen atoms in total. The summed E-state index contributed by atoms with van der Waals surface area (Å²) in [7, 11) is 0. The van der Waals surface area contributed by atoms with Crippen LogP contribution in [0, 0.1) is 5.82 Å². The Bertz CT molecular complexity index is 919. The molecule has 0 spiro atoms. The molecule has 2 aromatic carbocycles. The summed E-state index contributed by atoms with van der Waals surface area (Å²) >= 11 is 0. The van der Waals surface area contributed by atoms with E-state index in [9.17, 15) is 9.50 Å².